The maximum absolute atomic E-state index is 5.67. The second-order valence-corrected chi connectivity index (χ2v) is 6.43. The smallest absolute Gasteiger partial charge is 0.000525 e. The van der Waals surface area contributed by atoms with Gasteiger partial charge in [0.1, 0.15) is 0 Å². The summed E-state index contributed by atoms with van der Waals surface area (Å²) in [4.78, 5) is 0. The first-order valence-corrected chi connectivity index (χ1v) is 8.04. The van der Waals surface area contributed by atoms with E-state index in [-0.39, 0.29) is 0 Å². The van der Waals surface area contributed by atoms with Crippen LogP contribution in [0.1, 0.15) is 64.7 Å². The van der Waals surface area contributed by atoms with Crippen LogP contribution in [0.3, 0.4) is 0 Å². The summed E-state index contributed by atoms with van der Waals surface area (Å²) in [6, 6.07) is 0. The molecule has 0 heterocycles. The van der Waals surface area contributed by atoms with Crippen molar-refractivity contribution in [3.05, 3.63) is 11.6 Å². The van der Waals surface area contributed by atoms with Crippen LogP contribution in [0.15, 0.2) is 11.6 Å². The predicted octanol–water partition coefficient (Wildman–Crippen LogP) is 5.76. The molecule has 2 saturated carbocycles. The third-order valence-corrected chi connectivity index (χ3v) is 5.44. The Kier molecular flexibility index (Phi) is 5.41. The highest BCUT2D eigenvalue weighted by molar-refractivity contribution is 6.25. The Hall–Kier alpha value is 0.0300. The van der Waals surface area contributed by atoms with E-state index in [2.05, 4.69) is 13.0 Å². The van der Waals surface area contributed by atoms with Gasteiger partial charge in [-0.25, -0.2) is 0 Å². The van der Waals surface area contributed by atoms with Gasteiger partial charge in [0.25, 0.3) is 0 Å². The molecule has 2 fully saturated rings. The third-order valence-electron chi connectivity index (χ3n) is 5.30. The average Bonchev–Trinajstić information content (AvgIpc) is 2.40. The first-order valence-electron chi connectivity index (χ1n) is 7.60. The highest BCUT2D eigenvalue weighted by atomic mass is 35.5. The second-order valence-electron chi connectivity index (χ2n) is 6.18. The fourth-order valence-corrected chi connectivity index (χ4v) is 4.19. The molecule has 0 amide bonds. The van der Waals surface area contributed by atoms with Crippen molar-refractivity contribution in [2.45, 2.75) is 64.7 Å². The molecular weight excluding hydrogens is 228 g/mol. The monoisotopic (exact) mass is 254 g/mol. The van der Waals surface area contributed by atoms with Crippen molar-refractivity contribution >= 4 is 11.6 Å². The number of rotatable bonds is 3. The lowest BCUT2D eigenvalue weighted by molar-refractivity contribution is 0.154. The van der Waals surface area contributed by atoms with E-state index in [0.29, 0.717) is 0 Å². The van der Waals surface area contributed by atoms with Crippen molar-refractivity contribution in [3.63, 3.8) is 0 Å². The Bertz CT molecular complexity index is 230. The molecule has 0 aliphatic heterocycles. The van der Waals surface area contributed by atoms with Crippen LogP contribution in [0.4, 0.5) is 0 Å². The first-order chi connectivity index (χ1) is 8.33. The molecule has 0 aromatic heterocycles. The van der Waals surface area contributed by atoms with E-state index in [9.17, 15) is 0 Å². The molecule has 0 aromatic rings. The number of hydrogen-bond acceptors (Lipinski definition) is 0. The minimum atomic E-state index is 0.774. The molecule has 0 spiro atoms. The zero-order chi connectivity index (χ0) is 12.1. The minimum Gasteiger partial charge on any atom is -0.0933 e. The Balaban J connectivity index is 1.74. The average molecular weight is 255 g/mol. The highest BCUT2D eigenvalue weighted by Crippen LogP contribution is 2.42. The van der Waals surface area contributed by atoms with Gasteiger partial charge in [-0.15, -0.1) is 0 Å². The van der Waals surface area contributed by atoms with Crippen LogP contribution in [-0.4, -0.2) is 0 Å². The van der Waals surface area contributed by atoms with E-state index in [1.54, 1.807) is 5.54 Å². The van der Waals surface area contributed by atoms with Crippen molar-refractivity contribution < 1.29 is 0 Å². The second kappa shape index (κ2) is 6.83. The van der Waals surface area contributed by atoms with Crippen molar-refractivity contribution in [2.75, 3.05) is 0 Å². The molecule has 98 valence electrons. The van der Waals surface area contributed by atoms with Crippen LogP contribution in [0.5, 0.6) is 0 Å². The molecule has 0 nitrogen and oxygen atoms in total. The van der Waals surface area contributed by atoms with E-state index >= 15 is 0 Å². The summed E-state index contributed by atoms with van der Waals surface area (Å²) in [5, 5.41) is 0. The molecule has 0 unspecified atom stereocenters. The molecule has 0 saturated heterocycles. The lowest BCUT2D eigenvalue weighted by atomic mass is 9.69. The van der Waals surface area contributed by atoms with Crippen LogP contribution >= 0.6 is 11.6 Å². The molecule has 17 heavy (non-hydrogen) atoms. The largest absolute Gasteiger partial charge is 0.0933 e. The van der Waals surface area contributed by atoms with Gasteiger partial charge in [0, 0.05) is 5.54 Å². The van der Waals surface area contributed by atoms with Crippen LogP contribution in [0.25, 0.3) is 0 Å². The van der Waals surface area contributed by atoms with Gasteiger partial charge in [-0.1, -0.05) is 43.9 Å². The summed E-state index contributed by atoms with van der Waals surface area (Å²) < 4.78 is 0. The zero-order valence-electron chi connectivity index (χ0n) is 11.2. The van der Waals surface area contributed by atoms with Crippen molar-refractivity contribution in [1.29, 1.82) is 0 Å². The molecule has 1 heteroatoms. The molecule has 0 N–H and O–H groups in total. The quantitative estimate of drug-likeness (QED) is 0.601. The standard InChI is InChI=1S/C16H27Cl/c1-2-13-3-7-15(8-4-13)16-9-5-14(6-10-16)11-12-17/h11-16H,2-10H2,1H3. The number of halogens is 1. The van der Waals surface area contributed by atoms with Crippen molar-refractivity contribution in [1.82, 2.24) is 0 Å². The fourth-order valence-electron chi connectivity index (χ4n) is 3.98. The molecular formula is C16H27Cl. The van der Waals surface area contributed by atoms with E-state index < -0.39 is 0 Å². The number of allylic oxidation sites excluding steroid dienone is 1. The van der Waals surface area contributed by atoms with Gasteiger partial charge in [0.15, 0.2) is 0 Å². The fraction of sp³-hybridized carbons (Fsp3) is 0.875. The summed E-state index contributed by atoms with van der Waals surface area (Å²) in [5.41, 5.74) is 1.72. The van der Waals surface area contributed by atoms with E-state index in [1.165, 1.54) is 57.8 Å². The summed E-state index contributed by atoms with van der Waals surface area (Å²) in [6.07, 6.45) is 15.3. The Morgan fingerprint density at radius 3 is 1.88 bits per heavy atom. The van der Waals surface area contributed by atoms with Crippen molar-refractivity contribution in [3.8, 4) is 0 Å². The topological polar surface area (TPSA) is 0 Å². The van der Waals surface area contributed by atoms with Crippen LogP contribution < -0.4 is 0 Å². The van der Waals surface area contributed by atoms with Gasteiger partial charge in [-0.05, 0) is 62.2 Å². The first kappa shape index (κ1) is 13.5. The van der Waals surface area contributed by atoms with E-state index in [0.717, 1.165) is 23.7 Å². The normalized spacial score (nSPS) is 39.6. The molecule has 2 aliphatic carbocycles. The maximum atomic E-state index is 5.67. The SMILES string of the molecule is CCC1CCC(C2CCC(C=CCl)CC2)CC1. The minimum absolute atomic E-state index is 0.774. The lowest BCUT2D eigenvalue weighted by Crippen LogP contribution is -2.25. The van der Waals surface area contributed by atoms with Gasteiger partial charge >= 0.3 is 0 Å². The summed E-state index contributed by atoms with van der Waals surface area (Å²) in [6.45, 7) is 2.36. The highest BCUT2D eigenvalue weighted by Gasteiger charge is 2.29. The van der Waals surface area contributed by atoms with Gasteiger partial charge < -0.3 is 0 Å². The predicted molar refractivity (Wildman–Crippen MR) is 76.2 cm³/mol. The van der Waals surface area contributed by atoms with Gasteiger partial charge in [0.2, 0.25) is 0 Å². The van der Waals surface area contributed by atoms with Crippen LogP contribution in [-0.2, 0) is 0 Å². The molecule has 0 aromatic carbocycles. The Labute approximate surface area is 112 Å². The molecule has 0 radical (unpaired) electrons. The third kappa shape index (κ3) is 3.74. The lowest BCUT2D eigenvalue weighted by Gasteiger charge is -2.37. The van der Waals surface area contributed by atoms with Crippen LogP contribution in [0.2, 0.25) is 0 Å². The summed E-state index contributed by atoms with van der Waals surface area (Å²) in [7, 11) is 0. The Morgan fingerprint density at radius 1 is 0.882 bits per heavy atom. The zero-order valence-corrected chi connectivity index (χ0v) is 12.0. The van der Waals surface area contributed by atoms with Gasteiger partial charge in [-0.2, -0.15) is 0 Å². The van der Waals surface area contributed by atoms with Crippen LogP contribution in [0, 0.1) is 23.7 Å². The van der Waals surface area contributed by atoms with E-state index in [4.69, 9.17) is 11.6 Å². The number of hydrogen-bond donors (Lipinski definition) is 0. The van der Waals surface area contributed by atoms with Gasteiger partial charge in [0.05, 0.1) is 0 Å². The molecule has 2 rings (SSSR count). The summed E-state index contributed by atoms with van der Waals surface area (Å²) >= 11 is 5.67. The Morgan fingerprint density at radius 2 is 1.41 bits per heavy atom. The summed E-state index contributed by atoms with van der Waals surface area (Å²) in [5.74, 6) is 3.91. The van der Waals surface area contributed by atoms with Gasteiger partial charge in [-0.3, -0.25) is 0 Å². The van der Waals surface area contributed by atoms with E-state index in [1.807, 2.05) is 0 Å². The molecule has 0 bridgehead atoms. The molecule has 0 atom stereocenters. The molecule has 2 aliphatic rings. The van der Waals surface area contributed by atoms with Crippen molar-refractivity contribution in [2.24, 2.45) is 23.7 Å². The maximum Gasteiger partial charge on any atom is 0.000525 e.